The minimum absolute atomic E-state index is 0.267. The lowest BCUT2D eigenvalue weighted by molar-refractivity contribution is 0.252. The van der Waals surface area contributed by atoms with Gasteiger partial charge in [0.15, 0.2) is 5.65 Å². The number of nitrogens with zero attached hydrogens (tertiary/aromatic N) is 4. The third-order valence-corrected chi connectivity index (χ3v) is 2.94. The number of hydrogen-bond donors (Lipinski definition) is 2. The van der Waals surface area contributed by atoms with E-state index in [1.165, 1.54) is 0 Å². The Kier molecular flexibility index (Phi) is 3.72. The molecule has 2 N–H and O–H groups in total. The molecule has 3 aromatic rings. The van der Waals surface area contributed by atoms with E-state index in [9.17, 15) is 4.79 Å². The number of carbonyl (C=O) groups excluding carboxylic acids is 1. The van der Waals surface area contributed by atoms with Crippen LogP contribution in [0.2, 0.25) is 0 Å². The van der Waals surface area contributed by atoms with Gasteiger partial charge in [-0.25, -0.2) is 4.79 Å². The lowest BCUT2D eigenvalue weighted by Crippen LogP contribution is -2.30. The minimum atomic E-state index is -0.267. The Balaban J connectivity index is 1.53. The molecular weight excluding hydrogens is 268 g/mol. The summed E-state index contributed by atoms with van der Waals surface area (Å²) in [5.74, 6) is 0.812. The predicted octanol–water partition coefficient (Wildman–Crippen LogP) is 1.49. The quantitative estimate of drug-likeness (QED) is 0.759. The Morgan fingerprint density at radius 1 is 1.19 bits per heavy atom. The van der Waals surface area contributed by atoms with Gasteiger partial charge in [0.2, 0.25) is 0 Å². The first-order valence-electron chi connectivity index (χ1n) is 6.56. The van der Waals surface area contributed by atoms with Gasteiger partial charge >= 0.3 is 6.03 Å². The molecule has 0 aliphatic rings. The molecule has 3 heterocycles. The van der Waals surface area contributed by atoms with Gasteiger partial charge in [-0.05, 0) is 24.3 Å². The molecule has 3 aromatic heterocycles. The number of anilines is 1. The lowest BCUT2D eigenvalue weighted by Gasteiger charge is -2.06. The Morgan fingerprint density at radius 3 is 3.00 bits per heavy atom. The van der Waals surface area contributed by atoms with Gasteiger partial charge in [-0.2, -0.15) is 0 Å². The average molecular weight is 282 g/mol. The van der Waals surface area contributed by atoms with E-state index in [2.05, 4.69) is 25.8 Å². The van der Waals surface area contributed by atoms with Crippen molar-refractivity contribution < 1.29 is 4.79 Å². The van der Waals surface area contributed by atoms with Gasteiger partial charge in [0.05, 0.1) is 11.9 Å². The summed E-state index contributed by atoms with van der Waals surface area (Å²) in [5.41, 5.74) is 1.45. The average Bonchev–Trinajstić information content (AvgIpc) is 2.92. The second-order valence-electron chi connectivity index (χ2n) is 4.42. The summed E-state index contributed by atoms with van der Waals surface area (Å²) in [6.45, 7) is 0.474. The molecule has 2 amide bonds. The molecule has 7 heteroatoms. The summed E-state index contributed by atoms with van der Waals surface area (Å²) >= 11 is 0. The summed E-state index contributed by atoms with van der Waals surface area (Å²) < 4.78 is 1.90. The lowest BCUT2D eigenvalue weighted by atomic mass is 10.4. The van der Waals surface area contributed by atoms with Crippen LogP contribution in [0.25, 0.3) is 5.65 Å². The van der Waals surface area contributed by atoms with Crippen LogP contribution in [0.4, 0.5) is 10.5 Å². The summed E-state index contributed by atoms with van der Waals surface area (Å²) in [6, 6.07) is 8.99. The van der Waals surface area contributed by atoms with Crippen molar-refractivity contribution in [1.29, 1.82) is 0 Å². The highest BCUT2D eigenvalue weighted by Crippen LogP contribution is 2.03. The largest absolute Gasteiger partial charge is 0.337 e. The first kappa shape index (κ1) is 13.0. The molecule has 0 aliphatic carbocycles. The molecule has 0 saturated carbocycles. The van der Waals surface area contributed by atoms with Crippen LogP contribution in [0.5, 0.6) is 0 Å². The zero-order valence-corrected chi connectivity index (χ0v) is 11.2. The normalized spacial score (nSPS) is 10.5. The van der Waals surface area contributed by atoms with E-state index < -0.39 is 0 Å². The first-order chi connectivity index (χ1) is 10.3. The van der Waals surface area contributed by atoms with Gasteiger partial charge < -0.3 is 10.6 Å². The number of carbonyl (C=O) groups is 1. The highest BCUT2D eigenvalue weighted by Gasteiger charge is 2.05. The fourth-order valence-electron chi connectivity index (χ4n) is 1.96. The number of pyridine rings is 2. The highest BCUT2D eigenvalue weighted by atomic mass is 16.2. The molecule has 0 aromatic carbocycles. The maximum atomic E-state index is 11.7. The molecular formula is C14H14N6O. The van der Waals surface area contributed by atoms with E-state index in [1.54, 1.807) is 24.5 Å². The van der Waals surface area contributed by atoms with Gasteiger partial charge in [-0.3, -0.25) is 9.38 Å². The molecule has 0 spiro atoms. The molecule has 3 rings (SSSR count). The third-order valence-electron chi connectivity index (χ3n) is 2.94. The summed E-state index contributed by atoms with van der Waals surface area (Å²) in [4.78, 5) is 15.6. The molecule has 0 atom stereocenters. The number of nitrogens with one attached hydrogen (secondary N) is 2. The fourth-order valence-corrected chi connectivity index (χ4v) is 1.96. The molecule has 0 unspecified atom stereocenters. The van der Waals surface area contributed by atoms with E-state index >= 15 is 0 Å². The number of fused-ring (bicyclic) bond motifs is 1. The molecule has 7 nitrogen and oxygen atoms in total. The molecule has 21 heavy (non-hydrogen) atoms. The van der Waals surface area contributed by atoms with Gasteiger partial charge in [0.25, 0.3) is 0 Å². The van der Waals surface area contributed by atoms with Crippen molar-refractivity contribution in [3.63, 3.8) is 0 Å². The van der Waals surface area contributed by atoms with Crippen LogP contribution in [0.15, 0.2) is 48.9 Å². The summed E-state index contributed by atoms with van der Waals surface area (Å²) in [7, 11) is 0. The van der Waals surface area contributed by atoms with Crippen LogP contribution in [-0.2, 0) is 6.42 Å². The van der Waals surface area contributed by atoms with Crippen LogP contribution in [0, 0.1) is 0 Å². The zero-order chi connectivity index (χ0) is 14.5. The first-order valence-corrected chi connectivity index (χ1v) is 6.56. The Hall–Kier alpha value is -2.96. The van der Waals surface area contributed by atoms with Crippen LogP contribution < -0.4 is 10.6 Å². The Labute approximate surface area is 121 Å². The summed E-state index contributed by atoms with van der Waals surface area (Å²) in [5, 5.41) is 13.6. The van der Waals surface area contributed by atoms with Gasteiger partial charge in [0, 0.05) is 25.4 Å². The second-order valence-corrected chi connectivity index (χ2v) is 4.42. The van der Waals surface area contributed by atoms with Crippen molar-refractivity contribution in [2.45, 2.75) is 6.42 Å². The van der Waals surface area contributed by atoms with Crippen molar-refractivity contribution in [2.75, 3.05) is 11.9 Å². The van der Waals surface area contributed by atoms with Gasteiger partial charge in [0.1, 0.15) is 5.82 Å². The molecule has 0 bridgehead atoms. The second kappa shape index (κ2) is 6.00. The fraction of sp³-hybridized carbons (Fsp3) is 0.143. The standard InChI is InChI=1S/C14H14N6O/c21-14(17-11-4-3-7-15-10-11)16-8-6-13-19-18-12-5-1-2-9-20(12)13/h1-5,7,9-10H,6,8H2,(H2,16,17,21). The zero-order valence-electron chi connectivity index (χ0n) is 11.2. The highest BCUT2D eigenvalue weighted by molar-refractivity contribution is 5.88. The van der Waals surface area contributed by atoms with E-state index in [0.29, 0.717) is 18.7 Å². The Morgan fingerprint density at radius 2 is 2.14 bits per heavy atom. The van der Waals surface area contributed by atoms with Crippen molar-refractivity contribution in [3.8, 4) is 0 Å². The molecule has 106 valence electrons. The maximum Gasteiger partial charge on any atom is 0.319 e. The van der Waals surface area contributed by atoms with E-state index in [1.807, 2.05) is 28.8 Å². The van der Waals surface area contributed by atoms with Gasteiger partial charge in [-0.15, -0.1) is 10.2 Å². The monoisotopic (exact) mass is 282 g/mol. The number of rotatable bonds is 4. The van der Waals surface area contributed by atoms with Crippen molar-refractivity contribution in [3.05, 3.63) is 54.7 Å². The predicted molar refractivity (Wildman–Crippen MR) is 77.9 cm³/mol. The van der Waals surface area contributed by atoms with Crippen LogP contribution in [-0.4, -0.2) is 32.2 Å². The molecule has 0 aliphatic heterocycles. The minimum Gasteiger partial charge on any atom is -0.337 e. The topological polar surface area (TPSA) is 84.2 Å². The molecule has 0 radical (unpaired) electrons. The van der Waals surface area contributed by atoms with Crippen LogP contribution >= 0.6 is 0 Å². The van der Waals surface area contributed by atoms with E-state index in [-0.39, 0.29) is 6.03 Å². The number of aromatic nitrogens is 4. The van der Waals surface area contributed by atoms with Gasteiger partial charge in [-0.1, -0.05) is 6.07 Å². The van der Waals surface area contributed by atoms with Crippen LogP contribution in [0.1, 0.15) is 5.82 Å². The molecule has 0 saturated heterocycles. The Bertz CT molecular complexity index is 739. The van der Waals surface area contributed by atoms with E-state index in [0.717, 1.165) is 11.5 Å². The van der Waals surface area contributed by atoms with E-state index in [4.69, 9.17) is 0 Å². The third kappa shape index (κ3) is 3.14. The van der Waals surface area contributed by atoms with Crippen molar-refractivity contribution in [2.24, 2.45) is 0 Å². The van der Waals surface area contributed by atoms with Crippen molar-refractivity contribution in [1.82, 2.24) is 24.9 Å². The summed E-state index contributed by atoms with van der Waals surface area (Å²) in [6.07, 6.45) is 5.75. The van der Waals surface area contributed by atoms with Crippen molar-refractivity contribution >= 4 is 17.4 Å². The van der Waals surface area contributed by atoms with Crippen LogP contribution in [0.3, 0.4) is 0 Å². The SMILES string of the molecule is O=C(NCCc1nnc2ccccn12)Nc1cccnc1. The molecule has 0 fully saturated rings. The number of urea groups is 1. The number of amides is 2. The smallest absolute Gasteiger partial charge is 0.319 e. The number of hydrogen-bond acceptors (Lipinski definition) is 4. The maximum absolute atomic E-state index is 11.7.